The van der Waals surface area contributed by atoms with Crippen LogP contribution in [-0.2, 0) is 5.75 Å². The van der Waals surface area contributed by atoms with Crippen LogP contribution in [0, 0.1) is 6.92 Å². The van der Waals surface area contributed by atoms with Crippen LogP contribution in [0.15, 0.2) is 21.8 Å². The molecule has 19 heavy (non-hydrogen) atoms. The van der Waals surface area contributed by atoms with Crippen molar-refractivity contribution in [2.75, 3.05) is 12.6 Å². The third-order valence-corrected chi connectivity index (χ3v) is 4.46. The number of nitrogens with two attached hydrogens (primary N) is 1. The molecule has 0 radical (unpaired) electrons. The summed E-state index contributed by atoms with van der Waals surface area (Å²) in [5.41, 5.74) is 1.09. The lowest BCUT2D eigenvalue weighted by Crippen LogP contribution is -2.11. The molecule has 0 bridgehead atoms. The molecule has 3 rings (SSSR count). The van der Waals surface area contributed by atoms with Gasteiger partial charge in [-0.3, -0.25) is 0 Å². The molecule has 0 saturated heterocycles. The Morgan fingerprint density at radius 1 is 1.37 bits per heavy atom. The molecule has 0 aliphatic carbocycles. The molecule has 1 aliphatic rings. The first-order valence-corrected chi connectivity index (χ1v) is 7.31. The van der Waals surface area contributed by atoms with E-state index in [9.17, 15) is 0 Å². The minimum Gasteiger partial charge on any atom is -0.454 e. The van der Waals surface area contributed by atoms with Gasteiger partial charge in [-0.05, 0) is 24.6 Å². The summed E-state index contributed by atoms with van der Waals surface area (Å²) in [6, 6.07) is 3.88. The van der Waals surface area contributed by atoms with E-state index in [1.54, 1.807) is 0 Å². The number of aromatic nitrogens is 3. The SMILES string of the molecule is Cc1nnc(SCc2cc3c(cc2Br)OCO3)n1N. The van der Waals surface area contributed by atoms with E-state index in [1.807, 2.05) is 19.1 Å². The second-order valence-corrected chi connectivity index (χ2v) is 5.78. The highest BCUT2D eigenvalue weighted by Crippen LogP contribution is 2.38. The van der Waals surface area contributed by atoms with Crippen molar-refractivity contribution in [2.24, 2.45) is 0 Å². The number of thioether (sulfide) groups is 1. The predicted molar refractivity (Wildman–Crippen MR) is 74.7 cm³/mol. The van der Waals surface area contributed by atoms with Gasteiger partial charge in [-0.1, -0.05) is 27.7 Å². The standard InChI is InChI=1S/C11H11BrN4O2S/c1-6-14-15-11(16(6)13)19-4-7-2-9-10(3-8(7)12)18-5-17-9/h2-3H,4-5,13H2,1H3. The van der Waals surface area contributed by atoms with E-state index in [1.165, 1.54) is 16.4 Å². The molecule has 0 spiro atoms. The monoisotopic (exact) mass is 342 g/mol. The second kappa shape index (κ2) is 4.93. The first-order valence-electron chi connectivity index (χ1n) is 5.53. The topological polar surface area (TPSA) is 75.2 Å². The summed E-state index contributed by atoms with van der Waals surface area (Å²) >= 11 is 5.04. The fourth-order valence-electron chi connectivity index (χ4n) is 1.66. The quantitative estimate of drug-likeness (QED) is 0.679. The number of aryl methyl sites for hydroxylation is 1. The van der Waals surface area contributed by atoms with E-state index in [2.05, 4.69) is 26.1 Å². The average Bonchev–Trinajstić information content (AvgIpc) is 2.96. The van der Waals surface area contributed by atoms with Crippen molar-refractivity contribution in [3.63, 3.8) is 0 Å². The van der Waals surface area contributed by atoms with Gasteiger partial charge in [-0.15, -0.1) is 10.2 Å². The summed E-state index contributed by atoms with van der Waals surface area (Å²) in [7, 11) is 0. The number of ether oxygens (including phenoxy) is 2. The van der Waals surface area contributed by atoms with Gasteiger partial charge < -0.3 is 15.3 Å². The van der Waals surface area contributed by atoms with E-state index >= 15 is 0 Å². The lowest BCUT2D eigenvalue weighted by Gasteiger charge is -2.06. The van der Waals surface area contributed by atoms with Crippen LogP contribution in [0.2, 0.25) is 0 Å². The van der Waals surface area contributed by atoms with E-state index < -0.39 is 0 Å². The first-order chi connectivity index (χ1) is 9.15. The molecule has 100 valence electrons. The van der Waals surface area contributed by atoms with Gasteiger partial charge in [0.2, 0.25) is 11.9 Å². The van der Waals surface area contributed by atoms with Gasteiger partial charge in [-0.2, -0.15) is 0 Å². The van der Waals surface area contributed by atoms with E-state index in [-0.39, 0.29) is 6.79 Å². The lowest BCUT2D eigenvalue weighted by molar-refractivity contribution is 0.174. The predicted octanol–water partition coefficient (Wildman–Crippen LogP) is 2.08. The van der Waals surface area contributed by atoms with Crippen LogP contribution >= 0.6 is 27.7 Å². The molecule has 2 N–H and O–H groups in total. The molecule has 0 unspecified atom stereocenters. The van der Waals surface area contributed by atoms with E-state index in [0.29, 0.717) is 16.7 Å². The zero-order valence-corrected chi connectivity index (χ0v) is 12.5. The molecule has 2 aromatic rings. The van der Waals surface area contributed by atoms with Crippen molar-refractivity contribution in [1.29, 1.82) is 0 Å². The summed E-state index contributed by atoms with van der Waals surface area (Å²) in [6.07, 6.45) is 0. The highest BCUT2D eigenvalue weighted by Gasteiger charge is 2.17. The van der Waals surface area contributed by atoms with E-state index in [0.717, 1.165) is 21.5 Å². The van der Waals surface area contributed by atoms with Crippen molar-refractivity contribution in [3.8, 4) is 11.5 Å². The van der Waals surface area contributed by atoms with Gasteiger partial charge in [0, 0.05) is 10.2 Å². The number of benzene rings is 1. The van der Waals surface area contributed by atoms with Crippen molar-refractivity contribution < 1.29 is 9.47 Å². The van der Waals surface area contributed by atoms with Gasteiger partial charge in [0.25, 0.3) is 0 Å². The summed E-state index contributed by atoms with van der Waals surface area (Å²) in [5, 5.41) is 8.61. The molecular weight excluding hydrogens is 332 g/mol. The third kappa shape index (κ3) is 2.37. The molecule has 1 aromatic heterocycles. The maximum Gasteiger partial charge on any atom is 0.231 e. The highest BCUT2D eigenvalue weighted by molar-refractivity contribution is 9.10. The number of hydrogen-bond donors (Lipinski definition) is 1. The second-order valence-electron chi connectivity index (χ2n) is 3.99. The van der Waals surface area contributed by atoms with Gasteiger partial charge in [0.15, 0.2) is 11.5 Å². The van der Waals surface area contributed by atoms with Gasteiger partial charge in [0.1, 0.15) is 5.82 Å². The molecule has 2 heterocycles. The number of rotatable bonds is 3. The van der Waals surface area contributed by atoms with Crippen LogP contribution in [0.3, 0.4) is 0 Å². The number of halogens is 1. The summed E-state index contributed by atoms with van der Waals surface area (Å²) in [4.78, 5) is 0. The molecule has 1 aliphatic heterocycles. The normalized spacial score (nSPS) is 12.9. The summed E-state index contributed by atoms with van der Waals surface area (Å²) in [5.74, 6) is 8.74. The van der Waals surface area contributed by atoms with Crippen molar-refractivity contribution >= 4 is 27.7 Å². The zero-order chi connectivity index (χ0) is 13.4. The number of nitrogen functional groups attached to an aromatic ring is 1. The highest BCUT2D eigenvalue weighted by atomic mass is 79.9. The lowest BCUT2D eigenvalue weighted by atomic mass is 10.2. The van der Waals surface area contributed by atoms with Crippen LogP contribution in [0.1, 0.15) is 11.4 Å². The Bertz CT molecular complexity index is 631. The minimum absolute atomic E-state index is 0.273. The maximum atomic E-state index is 5.81. The fourth-order valence-corrected chi connectivity index (χ4v) is 3.20. The fraction of sp³-hybridized carbons (Fsp3) is 0.273. The summed E-state index contributed by atoms with van der Waals surface area (Å²) in [6.45, 7) is 2.09. The van der Waals surface area contributed by atoms with Crippen molar-refractivity contribution in [2.45, 2.75) is 17.8 Å². The number of nitrogens with zero attached hydrogens (tertiary/aromatic N) is 3. The van der Waals surface area contributed by atoms with Crippen molar-refractivity contribution in [1.82, 2.24) is 14.9 Å². The Labute approximate surface area is 122 Å². The number of fused-ring (bicyclic) bond motifs is 1. The molecule has 0 amide bonds. The van der Waals surface area contributed by atoms with Gasteiger partial charge in [0.05, 0.1) is 0 Å². The first kappa shape index (κ1) is 12.6. The van der Waals surface area contributed by atoms with Crippen LogP contribution < -0.4 is 15.3 Å². The molecule has 6 nitrogen and oxygen atoms in total. The largest absolute Gasteiger partial charge is 0.454 e. The molecule has 0 atom stereocenters. The Morgan fingerprint density at radius 2 is 2.11 bits per heavy atom. The molecular formula is C11H11BrN4O2S. The molecule has 0 saturated carbocycles. The van der Waals surface area contributed by atoms with Gasteiger partial charge in [-0.25, -0.2) is 4.68 Å². The Balaban J connectivity index is 1.79. The zero-order valence-electron chi connectivity index (χ0n) is 10.1. The Kier molecular flexibility index (Phi) is 3.28. The van der Waals surface area contributed by atoms with Crippen molar-refractivity contribution in [3.05, 3.63) is 28.0 Å². The third-order valence-electron chi connectivity index (χ3n) is 2.73. The van der Waals surface area contributed by atoms with Crippen LogP contribution in [0.4, 0.5) is 0 Å². The minimum atomic E-state index is 0.273. The molecule has 1 aromatic carbocycles. The Hall–Kier alpha value is -1.41. The smallest absolute Gasteiger partial charge is 0.231 e. The van der Waals surface area contributed by atoms with Crippen LogP contribution in [-0.4, -0.2) is 21.7 Å². The number of hydrogen-bond acceptors (Lipinski definition) is 6. The maximum absolute atomic E-state index is 5.81. The molecule has 0 fully saturated rings. The van der Waals surface area contributed by atoms with Crippen LogP contribution in [0.5, 0.6) is 11.5 Å². The average molecular weight is 343 g/mol. The summed E-state index contributed by atoms with van der Waals surface area (Å²) < 4.78 is 13.1. The Morgan fingerprint density at radius 3 is 2.79 bits per heavy atom. The molecule has 8 heteroatoms. The van der Waals surface area contributed by atoms with E-state index in [4.69, 9.17) is 15.3 Å². The van der Waals surface area contributed by atoms with Crippen LogP contribution in [0.25, 0.3) is 0 Å². The van der Waals surface area contributed by atoms with Gasteiger partial charge >= 0.3 is 0 Å².